The van der Waals surface area contributed by atoms with Crippen molar-refractivity contribution in [2.45, 2.75) is 63.9 Å². The molecule has 274 valence electrons. The maximum absolute atomic E-state index is 14.2. The Morgan fingerprint density at radius 3 is 2.61 bits per heavy atom. The zero-order valence-electron chi connectivity index (χ0n) is 29.6. The maximum atomic E-state index is 14.2. The van der Waals surface area contributed by atoms with Crippen LogP contribution in [-0.4, -0.2) is 44.2 Å². The molecule has 12 nitrogen and oxygen atoms in total. The van der Waals surface area contributed by atoms with E-state index in [1.807, 2.05) is 82.3 Å². The van der Waals surface area contributed by atoms with Gasteiger partial charge in [0, 0.05) is 52.0 Å². The third-order valence-electron chi connectivity index (χ3n) is 11.2. The molecule has 54 heavy (non-hydrogen) atoms. The highest BCUT2D eigenvalue weighted by atomic mass is 35.5. The predicted molar refractivity (Wildman–Crippen MR) is 200 cm³/mol. The van der Waals surface area contributed by atoms with Gasteiger partial charge < -0.3 is 34.7 Å². The number of rotatable bonds is 4. The molecule has 7 heterocycles. The second-order valence-corrected chi connectivity index (χ2v) is 15.8. The summed E-state index contributed by atoms with van der Waals surface area (Å²) in [5.41, 5.74) is 10.6. The van der Waals surface area contributed by atoms with Crippen molar-refractivity contribution in [1.82, 2.24) is 24.7 Å². The Balaban J connectivity index is 1.30. The number of aromatic nitrogens is 3. The number of amides is 2. The van der Waals surface area contributed by atoms with Crippen LogP contribution in [-0.2, 0) is 21.4 Å². The average Bonchev–Trinajstić information content (AvgIpc) is 3.95. The van der Waals surface area contributed by atoms with Crippen LogP contribution in [0.4, 0.5) is 0 Å². The number of carbonyl (C=O) groups excluding carboxylic acids is 2. The monoisotopic (exact) mass is 764 g/mol. The number of ether oxygens (including phenoxy) is 2. The predicted octanol–water partition coefficient (Wildman–Crippen LogP) is 6.87. The summed E-state index contributed by atoms with van der Waals surface area (Å²) < 4.78 is 28.7. The van der Waals surface area contributed by atoms with E-state index in [0.717, 1.165) is 38.7 Å². The molecule has 4 aliphatic rings. The molecule has 0 saturated heterocycles. The molecule has 2 amide bonds. The lowest BCUT2D eigenvalue weighted by Gasteiger charge is -2.28. The fourth-order valence-corrected chi connectivity index (χ4v) is 8.81. The zero-order valence-corrected chi connectivity index (χ0v) is 31.1. The van der Waals surface area contributed by atoms with Gasteiger partial charge in [-0.2, -0.15) is 4.98 Å². The summed E-state index contributed by atoms with van der Waals surface area (Å²) in [6.07, 6.45) is 0.986. The first-order valence-electron chi connectivity index (χ1n) is 17.9. The van der Waals surface area contributed by atoms with Crippen LogP contribution in [0.1, 0.15) is 62.1 Å². The van der Waals surface area contributed by atoms with Crippen molar-refractivity contribution in [3.8, 4) is 45.5 Å². The van der Waals surface area contributed by atoms with Crippen molar-refractivity contribution >= 4 is 46.1 Å². The number of hydrogen-bond acceptors (Lipinski definition) is 9. The van der Waals surface area contributed by atoms with Crippen molar-refractivity contribution in [3.63, 3.8) is 0 Å². The van der Waals surface area contributed by atoms with E-state index in [1.54, 1.807) is 6.20 Å². The molecule has 0 aliphatic carbocycles. The SMILES string of the molecule is CC(C)[C@H](N)C(=O)N[C@H]1Cc2ccc3c(c2)[C@]24c5cccc(c5O[C@@H]2O3)-c2cccc3c2c(cn3Cl)-c2oc(nc2Cl)-c2nc(oc24)[C@H](C(C)C)NC1=O. The first-order valence-corrected chi connectivity index (χ1v) is 18.6. The lowest BCUT2D eigenvalue weighted by Crippen LogP contribution is -2.54. The minimum absolute atomic E-state index is 0.104. The van der Waals surface area contributed by atoms with Gasteiger partial charge in [0.15, 0.2) is 27.8 Å². The minimum atomic E-state index is -1.23. The number of nitrogens with one attached hydrogen (secondary N) is 2. The van der Waals surface area contributed by atoms with E-state index in [2.05, 4.69) is 10.6 Å². The number of nitrogens with zero attached hydrogens (tertiary/aromatic N) is 3. The first kappa shape index (κ1) is 33.3. The van der Waals surface area contributed by atoms with Crippen LogP contribution in [0.2, 0.25) is 5.15 Å². The van der Waals surface area contributed by atoms with E-state index in [4.69, 9.17) is 57.4 Å². The van der Waals surface area contributed by atoms with E-state index >= 15 is 0 Å². The normalized spacial score (nSPS) is 22.2. The van der Waals surface area contributed by atoms with Gasteiger partial charge in [0.2, 0.25) is 17.7 Å². The van der Waals surface area contributed by atoms with Crippen molar-refractivity contribution in [1.29, 1.82) is 0 Å². The molecule has 4 aliphatic heterocycles. The van der Waals surface area contributed by atoms with Crippen molar-refractivity contribution in [2.24, 2.45) is 17.6 Å². The third-order valence-corrected chi connectivity index (χ3v) is 11.7. The molecule has 14 heteroatoms. The highest BCUT2D eigenvalue weighted by Gasteiger charge is 2.63. The summed E-state index contributed by atoms with van der Waals surface area (Å²) >= 11 is 13.7. The fraction of sp³-hybridized carbons (Fsp3) is 0.300. The quantitative estimate of drug-likeness (QED) is 0.174. The summed E-state index contributed by atoms with van der Waals surface area (Å²) in [6, 6.07) is 15.1. The Morgan fingerprint density at radius 2 is 1.81 bits per heavy atom. The molecule has 1 spiro atoms. The van der Waals surface area contributed by atoms with Crippen molar-refractivity contribution in [2.75, 3.05) is 0 Å². The lowest BCUT2D eigenvalue weighted by molar-refractivity contribution is -0.130. The van der Waals surface area contributed by atoms with Gasteiger partial charge >= 0.3 is 0 Å². The van der Waals surface area contributed by atoms with Crippen LogP contribution in [0.25, 0.3) is 44.9 Å². The second-order valence-electron chi connectivity index (χ2n) is 15.1. The molecule has 4 N–H and O–H groups in total. The first-order chi connectivity index (χ1) is 25.9. The number of para-hydroxylation sites is 1. The molecule has 6 aromatic rings. The fourth-order valence-electron chi connectivity index (χ4n) is 8.35. The largest absolute Gasteiger partial charge is 0.453 e. The van der Waals surface area contributed by atoms with Gasteiger partial charge in [0.25, 0.3) is 12.2 Å². The molecule has 10 bridgehead atoms. The molecule has 0 unspecified atom stereocenters. The van der Waals surface area contributed by atoms with E-state index in [-0.39, 0.29) is 40.9 Å². The van der Waals surface area contributed by atoms with Crippen LogP contribution in [0.15, 0.2) is 69.6 Å². The zero-order chi connectivity index (χ0) is 37.4. The second kappa shape index (κ2) is 11.6. The Kier molecular flexibility index (Phi) is 7.15. The molecule has 0 saturated carbocycles. The topological polar surface area (TPSA) is 160 Å². The number of nitrogens with two attached hydrogens (primary N) is 1. The van der Waals surface area contributed by atoms with Gasteiger partial charge in [-0.15, -0.1) is 0 Å². The number of benzene rings is 3. The molecule has 0 fully saturated rings. The minimum Gasteiger partial charge on any atom is -0.453 e. The summed E-state index contributed by atoms with van der Waals surface area (Å²) in [7, 11) is 0. The Bertz CT molecular complexity index is 2590. The van der Waals surface area contributed by atoms with Gasteiger partial charge in [-0.25, -0.2) is 4.98 Å². The summed E-state index contributed by atoms with van der Waals surface area (Å²) in [6.45, 7) is 7.62. The Morgan fingerprint density at radius 1 is 1.02 bits per heavy atom. The van der Waals surface area contributed by atoms with Gasteiger partial charge in [-0.1, -0.05) is 81.8 Å². The Hall–Kier alpha value is -5.30. The highest BCUT2D eigenvalue weighted by molar-refractivity contribution is 6.32. The van der Waals surface area contributed by atoms with E-state index < -0.39 is 41.6 Å². The smallest absolute Gasteiger partial charge is 0.262 e. The van der Waals surface area contributed by atoms with Gasteiger partial charge in [-0.05, 0) is 35.1 Å². The van der Waals surface area contributed by atoms with Crippen LogP contribution in [0.5, 0.6) is 11.5 Å². The maximum Gasteiger partial charge on any atom is 0.262 e. The molecule has 10 rings (SSSR count). The van der Waals surface area contributed by atoms with Crippen LogP contribution in [0.3, 0.4) is 0 Å². The molecule has 3 aromatic carbocycles. The van der Waals surface area contributed by atoms with E-state index in [1.165, 1.54) is 4.09 Å². The summed E-state index contributed by atoms with van der Waals surface area (Å²) in [4.78, 5) is 37.4. The Labute approximate surface area is 319 Å². The van der Waals surface area contributed by atoms with E-state index in [0.29, 0.717) is 28.6 Å². The van der Waals surface area contributed by atoms with E-state index in [9.17, 15) is 9.59 Å². The number of hydrogen-bond donors (Lipinski definition) is 3. The van der Waals surface area contributed by atoms with Crippen LogP contribution in [0, 0.1) is 11.8 Å². The average molecular weight is 766 g/mol. The van der Waals surface area contributed by atoms with Gasteiger partial charge in [0.1, 0.15) is 23.6 Å². The molecular formula is C40H34Cl2N6O6. The van der Waals surface area contributed by atoms with Gasteiger partial charge in [-0.3, -0.25) is 13.7 Å². The van der Waals surface area contributed by atoms with Gasteiger partial charge in [0.05, 0.1) is 11.6 Å². The lowest BCUT2D eigenvalue weighted by atomic mass is 9.72. The van der Waals surface area contributed by atoms with Crippen molar-refractivity contribution in [3.05, 3.63) is 94.3 Å². The molecule has 5 atom stereocenters. The molecule has 0 radical (unpaired) electrons. The number of carbonyl (C=O) groups is 2. The third kappa shape index (κ3) is 4.47. The number of fused-ring (bicyclic) bond motifs is 7. The molecule has 3 aromatic heterocycles. The standard InChI is InChI=1S/C40H34Cl2N6O6/c1-16(2)28(43)36(50)44-24-14-18-11-12-26-23(13-18)40-22-9-5-8-20(31(22)53-39(40)51-26)19-7-6-10-25-27(19)21(15-48(25)42)32-34(41)47-38(52-32)30-33(40)54-37(46-30)29(17(3)4)45-35(24)49/h5-13,15-17,24,28-29,39H,14,43H2,1-4H3,(H,44,50)(H,45,49)/t24-,28-,29-,39-,40-/m0/s1. The van der Waals surface area contributed by atoms with Crippen LogP contribution >= 0.6 is 23.4 Å². The number of halogens is 2. The summed E-state index contributed by atoms with van der Waals surface area (Å²) in [5, 5.41) is 6.96. The summed E-state index contributed by atoms with van der Waals surface area (Å²) in [5.74, 6) is 0.968. The van der Waals surface area contributed by atoms with Crippen molar-refractivity contribution < 1.29 is 27.9 Å². The van der Waals surface area contributed by atoms with Crippen LogP contribution < -0.4 is 25.8 Å². The molecular weight excluding hydrogens is 731 g/mol. The number of oxazole rings is 2. The highest BCUT2D eigenvalue weighted by Crippen LogP contribution is 2.62.